The number of imide groups is 1. The van der Waals surface area contributed by atoms with Crippen LogP contribution in [0.5, 0.6) is 0 Å². The number of hydrogen-bond acceptors (Lipinski definition) is 5. The highest BCUT2D eigenvalue weighted by Gasteiger charge is 2.48. The molecule has 0 unspecified atom stereocenters. The Hall–Kier alpha value is -2.68. The SMILES string of the molecule is CC(C)C[C@]1(C)NC(=O)N(CC(=O)Nc2cc([N+](=O)[O-])ccc2Cl)C1=O. The van der Waals surface area contributed by atoms with Crippen molar-refractivity contribution in [2.24, 2.45) is 5.92 Å². The monoisotopic (exact) mass is 382 g/mol. The highest BCUT2D eigenvalue weighted by molar-refractivity contribution is 6.33. The fourth-order valence-electron chi connectivity index (χ4n) is 2.90. The van der Waals surface area contributed by atoms with Crippen LogP contribution < -0.4 is 10.6 Å². The zero-order valence-electron chi connectivity index (χ0n) is 14.5. The topological polar surface area (TPSA) is 122 Å². The van der Waals surface area contributed by atoms with Gasteiger partial charge in [0.2, 0.25) is 5.91 Å². The number of hydrogen-bond donors (Lipinski definition) is 2. The van der Waals surface area contributed by atoms with Gasteiger partial charge >= 0.3 is 6.03 Å². The van der Waals surface area contributed by atoms with E-state index in [1.54, 1.807) is 6.92 Å². The Morgan fingerprint density at radius 2 is 2.08 bits per heavy atom. The van der Waals surface area contributed by atoms with Gasteiger partial charge in [-0.05, 0) is 25.3 Å². The minimum Gasteiger partial charge on any atom is -0.323 e. The van der Waals surface area contributed by atoms with Crippen molar-refractivity contribution in [3.8, 4) is 0 Å². The molecule has 1 aromatic carbocycles. The van der Waals surface area contributed by atoms with Gasteiger partial charge in [-0.1, -0.05) is 25.4 Å². The van der Waals surface area contributed by atoms with E-state index in [1.165, 1.54) is 12.1 Å². The lowest BCUT2D eigenvalue weighted by Gasteiger charge is -2.23. The summed E-state index contributed by atoms with van der Waals surface area (Å²) in [7, 11) is 0. The molecule has 0 radical (unpaired) electrons. The number of nitrogens with one attached hydrogen (secondary N) is 2. The van der Waals surface area contributed by atoms with Gasteiger partial charge in [-0.25, -0.2) is 4.79 Å². The zero-order chi connectivity index (χ0) is 19.6. The van der Waals surface area contributed by atoms with E-state index in [4.69, 9.17) is 11.6 Å². The average molecular weight is 383 g/mol. The molecule has 0 saturated carbocycles. The molecule has 1 aliphatic heterocycles. The molecule has 140 valence electrons. The molecular formula is C16H19ClN4O5. The van der Waals surface area contributed by atoms with E-state index >= 15 is 0 Å². The third-order valence-corrected chi connectivity index (χ3v) is 4.23. The number of urea groups is 1. The second-order valence-corrected chi connectivity index (χ2v) is 7.13. The molecule has 1 saturated heterocycles. The summed E-state index contributed by atoms with van der Waals surface area (Å²) in [4.78, 5) is 47.8. The summed E-state index contributed by atoms with van der Waals surface area (Å²) in [5, 5.41) is 15.9. The summed E-state index contributed by atoms with van der Waals surface area (Å²) in [6.07, 6.45) is 0.437. The van der Waals surface area contributed by atoms with Gasteiger partial charge in [0.15, 0.2) is 0 Å². The van der Waals surface area contributed by atoms with Crippen LogP contribution in [-0.2, 0) is 9.59 Å². The fourth-order valence-corrected chi connectivity index (χ4v) is 3.07. The van der Waals surface area contributed by atoms with Gasteiger partial charge in [0.1, 0.15) is 12.1 Å². The number of halogens is 1. The van der Waals surface area contributed by atoms with Crippen LogP contribution in [0.2, 0.25) is 5.02 Å². The molecule has 1 aromatic rings. The van der Waals surface area contributed by atoms with Crippen LogP contribution in [0, 0.1) is 16.0 Å². The van der Waals surface area contributed by atoms with E-state index < -0.39 is 34.9 Å². The molecule has 1 fully saturated rings. The first-order chi connectivity index (χ1) is 12.0. The molecule has 4 amide bonds. The van der Waals surface area contributed by atoms with Crippen LogP contribution in [-0.4, -0.2) is 39.8 Å². The number of nitro groups is 1. The summed E-state index contributed by atoms with van der Waals surface area (Å²) < 4.78 is 0. The third-order valence-electron chi connectivity index (χ3n) is 3.90. The van der Waals surface area contributed by atoms with Crippen molar-refractivity contribution in [1.82, 2.24) is 10.2 Å². The average Bonchev–Trinajstić information content (AvgIpc) is 2.71. The molecule has 0 aromatic heterocycles. The summed E-state index contributed by atoms with van der Waals surface area (Å²) in [6.45, 7) is 4.94. The lowest BCUT2D eigenvalue weighted by atomic mass is 9.91. The number of nitrogens with zero attached hydrogens (tertiary/aromatic N) is 2. The molecule has 1 heterocycles. The van der Waals surface area contributed by atoms with E-state index in [0.29, 0.717) is 6.42 Å². The van der Waals surface area contributed by atoms with Crippen LogP contribution in [0.3, 0.4) is 0 Å². The van der Waals surface area contributed by atoms with Crippen molar-refractivity contribution in [2.45, 2.75) is 32.7 Å². The van der Waals surface area contributed by atoms with E-state index in [-0.39, 0.29) is 22.3 Å². The second-order valence-electron chi connectivity index (χ2n) is 6.72. The Bertz CT molecular complexity index is 782. The van der Waals surface area contributed by atoms with Crippen LogP contribution in [0.4, 0.5) is 16.2 Å². The molecule has 0 spiro atoms. The number of non-ortho nitro benzene ring substituents is 1. The first-order valence-electron chi connectivity index (χ1n) is 7.91. The Labute approximate surface area is 154 Å². The maximum absolute atomic E-state index is 12.5. The summed E-state index contributed by atoms with van der Waals surface area (Å²) >= 11 is 5.92. The van der Waals surface area contributed by atoms with Crippen molar-refractivity contribution in [2.75, 3.05) is 11.9 Å². The predicted octanol–water partition coefficient (Wildman–Crippen LogP) is 2.54. The molecule has 1 atom stereocenters. The van der Waals surface area contributed by atoms with Crippen molar-refractivity contribution in [3.63, 3.8) is 0 Å². The Morgan fingerprint density at radius 1 is 1.42 bits per heavy atom. The zero-order valence-corrected chi connectivity index (χ0v) is 15.3. The van der Waals surface area contributed by atoms with E-state index in [0.717, 1.165) is 11.0 Å². The first-order valence-corrected chi connectivity index (χ1v) is 8.29. The molecule has 2 rings (SSSR count). The lowest BCUT2D eigenvalue weighted by molar-refractivity contribution is -0.384. The number of amides is 4. The van der Waals surface area contributed by atoms with Crippen molar-refractivity contribution < 1.29 is 19.3 Å². The van der Waals surface area contributed by atoms with Crippen molar-refractivity contribution >= 4 is 40.8 Å². The highest BCUT2D eigenvalue weighted by atomic mass is 35.5. The minimum absolute atomic E-state index is 0.0304. The van der Waals surface area contributed by atoms with E-state index in [2.05, 4.69) is 10.6 Å². The Balaban J connectivity index is 2.11. The van der Waals surface area contributed by atoms with Gasteiger partial charge < -0.3 is 10.6 Å². The second kappa shape index (κ2) is 7.28. The number of carbonyl (C=O) groups excluding carboxylic acids is 3. The quantitative estimate of drug-likeness (QED) is 0.444. The van der Waals surface area contributed by atoms with Crippen LogP contribution in [0.1, 0.15) is 27.2 Å². The molecule has 9 nitrogen and oxygen atoms in total. The fraction of sp³-hybridized carbons (Fsp3) is 0.438. The van der Waals surface area contributed by atoms with Crippen LogP contribution >= 0.6 is 11.6 Å². The van der Waals surface area contributed by atoms with Crippen LogP contribution in [0.25, 0.3) is 0 Å². The summed E-state index contributed by atoms with van der Waals surface area (Å²) in [5.74, 6) is -1.01. The van der Waals surface area contributed by atoms with Gasteiger partial charge in [-0.2, -0.15) is 0 Å². The molecule has 0 bridgehead atoms. The third kappa shape index (κ3) is 4.10. The number of nitro benzene ring substituents is 1. The Morgan fingerprint density at radius 3 is 2.65 bits per heavy atom. The van der Waals surface area contributed by atoms with Gasteiger partial charge in [-0.3, -0.25) is 24.6 Å². The van der Waals surface area contributed by atoms with E-state index in [1.807, 2.05) is 13.8 Å². The highest BCUT2D eigenvalue weighted by Crippen LogP contribution is 2.27. The molecular weight excluding hydrogens is 364 g/mol. The number of anilines is 1. The maximum Gasteiger partial charge on any atom is 0.325 e. The smallest absolute Gasteiger partial charge is 0.323 e. The van der Waals surface area contributed by atoms with E-state index in [9.17, 15) is 24.5 Å². The first kappa shape index (κ1) is 19.6. The maximum atomic E-state index is 12.5. The molecule has 2 N–H and O–H groups in total. The summed E-state index contributed by atoms with van der Waals surface area (Å²) in [6, 6.07) is 2.93. The number of benzene rings is 1. The van der Waals surface area contributed by atoms with Gasteiger partial charge in [0.25, 0.3) is 11.6 Å². The van der Waals surface area contributed by atoms with Crippen molar-refractivity contribution in [3.05, 3.63) is 33.3 Å². The molecule has 26 heavy (non-hydrogen) atoms. The summed E-state index contributed by atoms with van der Waals surface area (Å²) in [5.41, 5.74) is -1.28. The lowest BCUT2D eigenvalue weighted by Crippen LogP contribution is -2.45. The molecule has 1 aliphatic rings. The molecule has 0 aliphatic carbocycles. The van der Waals surface area contributed by atoms with Gasteiger partial charge in [-0.15, -0.1) is 0 Å². The normalized spacial score (nSPS) is 19.7. The largest absolute Gasteiger partial charge is 0.325 e. The van der Waals surface area contributed by atoms with Gasteiger partial charge in [0, 0.05) is 12.1 Å². The van der Waals surface area contributed by atoms with Gasteiger partial charge in [0.05, 0.1) is 15.6 Å². The standard InChI is InChI=1S/C16H19ClN4O5/c1-9(2)7-16(3)14(23)20(15(24)19-16)8-13(22)18-12-6-10(21(25)26)4-5-11(12)17/h4-6,9H,7-8H2,1-3H3,(H,18,22)(H,19,24)/t16-/m0/s1. The molecule has 10 heteroatoms. The Kier molecular flexibility index (Phi) is 5.50. The van der Waals surface area contributed by atoms with Crippen LogP contribution in [0.15, 0.2) is 18.2 Å². The number of rotatable bonds is 6. The van der Waals surface area contributed by atoms with Crippen molar-refractivity contribution in [1.29, 1.82) is 0 Å². The number of carbonyl (C=O) groups is 3. The minimum atomic E-state index is -1.06. The predicted molar refractivity (Wildman–Crippen MR) is 94.8 cm³/mol.